The summed E-state index contributed by atoms with van der Waals surface area (Å²) in [4.78, 5) is 0. The van der Waals surface area contributed by atoms with E-state index in [1.54, 1.807) is 6.07 Å². The van der Waals surface area contributed by atoms with Crippen molar-refractivity contribution in [2.45, 2.75) is 6.18 Å². The van der Waals surface area contributed by atoms with Gasteiger partial charge in [0.1, 0.15) is 0 Å². The standard InChI is InChI=1S/C10H4BrClF3N/c11-6-1-2-7(9(12)3-4-16)8(5-6)10(13,14)15/h1-3,5H/b9-3-. The van der Waals surface area contributed by atoms with Gasteiger partial charge in [-0.25, -0.2) is 0 Å². The van der Waals surface area contributed by atoms with Gasteiger partial charge in [0.2, 0.25) is 0 Å². The fraction of sp³-hybridized carbons (Fsp3) is 0.100. The molecular weight excluding hydrogens is 306 g/mol. The van der Waals surface area contributed by atoms with E-state index in [-0.39, 0.29) is 10.6 Å². The van der Waals surface area contributed by atoms with Crippen molar-refractivity contribution in [2.75, 3.05) is 0 Å². The lowest BCUT2D eigenvalue weighted by atomic mass is 10.1. The number of alkyl halides is 3. The maximum absolute atomic E-state index is 12.6. The van der Waals surface area contributed by atoms with Gasteiger partial charge in [-0.2, -0.15) is 18.4 Å². The summed E-state index contributed by atoms with van der Waals surface area (Å²) in [6.45, 7) is 0. The average molecular weight is 310 g/mol. The van der Waals surface area contributed by atoms with Crippen LogP contribution in [0.15, 0.2) is 28.7 Å². The molecule has 1 nitrogen and oxygen atoms in total. The largest absolute Gasteiger partial charge is 0.417 e. The maximum atomic E-state index is 12.6. The number of allylic oxidation sites excluding steroid dienone is 1. The van der Waals surface area contributed by atoms with Crippen LogP contribution in [0.3, 0.4) is 0 Å². The Bertz CT molecular complexity index is 474. The van der Waals surface area contributed by atoms with Crippen LogP contribution in [0.2, 0.25) is 0 Å². The Kier molecular flexibility index (Phi) is 4.00. The normalized spacial score (nSPS) is 12.4. The Labute approximate surface area is 103 Å². The van der Waals surface area contributed by atoms with Crippen molar-refractivity contribution >= 4 is 32.6 Å². The molecule has 0 aromatic heterocycles. The number of nitrogens with zero attached hydrogens (tertiary/aromatic N) is 1. The second-order valence-corrected chi connectivity index (χ2v) is 4.13. The van der Waals surface area contributed by atoms with Gasteiger partial charge in [0.15, 0.2) is 0 Å². The molecule has 0 bridgehead atoms. The molecule has 0 fully saturated rings. The van der Waals surface area contributed by atoms with Crippen LogP contribution in [-0.4, -0.2) is 0 Å². The summed E-state index contributed by atoms with van der Waals surface area (Å²) in [5, 5.41) is 8.11. The number of benzene rings is 1. The van der Waals surface area contributed by atoms with Gasteiger partial charge in [0, 0.05) is 16.1 Å². The minimum absolute atomic E-state index is 0.209. The molecule has 0 aliphatic heterocycles. The SMILES string of the molecule is N#C/C=C(\Cl)c1ccc(Br)cc1C(F)(F)F. The monoisotopic (exact) mass is 309 g/mol. The quantitative estimate of drug-likeness (QED) is 0.697. The van der Waals surface area contributed by atoms with Crippen LogP contribution in [0.1, 0.15) is 11.1 Å². The predicted molar refractivity (Wildman–Crippen MR) is 58.6 cm³/mol. The zero-order valence-corrected chi connectivity index (χ0v) is 9.99. The first-order valence-electron chi connectivity index (χ1n) is 3.98. The van der Waals surface area contributed by atoms with Crippen LogP contribution >= 0.6 is 27.5 Å². The molecule has 6 heteroatoms. The second kappa shape index (κ2) is 4.89. The summed E-state index contributed by atoms with van der Waals surface area (Å²) in [5.41, 5.74) is -1.09. The zero-order valence-electron chi connectivity index (χ0n) is 7.65. The van der Waals surface area contributed by atoms with Crippen LogP contribution in [0.25, 0.3) is 5.03 Å². The van der Waals surface area contributed by atoms with Gasteiger partial charge in [-0.1, -0.05) is 33.6 Å². The highest BCUT2D eigenvalue weighted by atomic mass is 79.9. The Morgan fingerprint density at radius 2 is 2.06 bits per heavy atom. The molecule has 0 aliphatic carbocycles. The van der Waals surface area contributed by atoms with E-state index in [0.29, 0.717) is 4.47 Å². The lowest BCUT2D eigenvalue weighted by Gasteiger charge is -2.12. The number of hydrogen-bond acceptors (Lipinski definition) is 1. The van der Waals surface area contributed by atoms with Gasteiger partial charge in [-0.3, -0.25) is 0 Å². The van der Waals surface area contributed by atoms with Gasteiger partial charge in [0.05, 0.1) is 16.7 Å². The lowest BCUT2D eigenvalue weighted by Crippen LogP contribution is -2.08. The Balaban J connectivity index is 3.42. The molecule has 0 atom stereocenters. The molecule has 0 aliphatic rings. The smallest absolute Gasteiger partial charge is 0.193 e. The molecule has 0 spiro atoms. The van der Waals surface area contributed by atoms with Crippen molar-refractivity contribution in [1.29, 1.82) is 5.26 Å². The zero-order chi connectivity index (χ0) is 12.3. The first-order valence-corrected chi connectivity index (χ1v) is 5.15. The summed E-state index contributed by atoms with van der Waals surface area (Å²) in [7, 11) is 0. The highest BCUT2D eigenvalue weighted by molar-refractivity contribution is 9.10. The summed E-state index contributed by atoms with van der Waals surface area (Å²) >= 11 is 8.54. The Morgan fingerprint density at radius 3 is 2.56 bits per heavy atom. The van der Waals surface area contributed by atoms with Crippen molar-refractivity contribution in [3.05, 3.63) is 39.9 Å². The third-order valence-corrected chi connectivity index (χ3v) is 2.54. The number of hydrogen-bond donors (Lipinski definition) is 0. The summed E-state index contributed by atoms with van der Waals surface area (Å²) in [5.74, 6) is 0. The first kappa shape index (κ1) is 13.1. The molecule has 0 amide bonds. The highest BCUT2D eigenvalue weighted by Gasteiger charge is 2.34. The molecule has 0 heterocycles. The maximum Gasteiger partial charge on any atom is 0.417 e. The van der Waals surface area contributed by atoms with Gasteiger partial charge < -0.3 is 0 Å². The summed E-state index contributed by atoms with van der Waals surface area (Å²) in [6.07, 6.45) is -3.65. The van der Waals surface area contributed by atoms with Crippen molar-refractivity contribution < 1.29 is 13.2 Å². The molecule has 0 saturated carbocycles. The fourth-order valence-electron chi connectivity index (χ4n) is 1.09. The van der Waals surface area contributed by atoms with Crippen LogP contribution in [0.4, 0.5) is 13.2 Å². The van der Waals surface area contributed by atoms with Crippen molar-refractivity contribution in [1.82, 2.24) is 0 Å². The third kappa shape index (κ3) is 3.00. The van der Waals surface area contributed by atoms with E-state index in [4.69, 9.17) is 16.9 Å². The van der Waals surface area contributed by atoms with E-state index in [1.807, 2.05) is 0 Å². The fourth-order valence-corrected chi connectivity index (χ4v) is 1.67. The van der Waals surface area contributed by atoms with Gasteiger partial charge in [-0.05, 0) is 12.1 Å². The lowest BCUT2D eigenvalue weighted by molar-refractivity contribution is -0.137. The van der Waals surface area contributed by atoms with Crippen LogP contribution in [0.5, 0.6) is 0 Å². The van der Waals surface area contributed by atoms with E-state index in [1.165, 1.54) is 12.1 Å². The molecule has 84 valence electrons. The summed E-state index contributed by atoms with van der Waals surface area (Å²) in [6, 6.07) is 5.15. The van der Waals surface area contributed by atoms with Gasteiger partial charge in [-0.15, -0.1) is 0 Å². The van der Waals surface area contributed by atoms with Crippen molar-refractivity contribution in [2.24, 2.45) is 0 Å². The molecular formula is C10H4BrClF3N. The van der Waals surface area contributed by atoms with Gasteiger partial charge >= 0.3 is 6.18 Å². The van der Waals surface area contributed by atoms with E-state index in [0.717, 1.165) is 12.1 Å². The predicted octanol–water partition coefficient (Wildman–Crippen LogP) is 4.57. The first-order chi connectivity index (χ1) is 7.36. The number of halogens is 5. The minimum atomic E-state index is -4.51. The number of nitriles is 1. The topological polar surface area (TPSA) is 23.8 Å². The van der Waals surface area contributed by atoms with Crippen molar-refractivity contribution in [3.63, 3.8) is 0 Å². The third-order valence-electron chi connectivity index (χ3n) is 1.74. The molecule has 0 radical (unpaired) electrons. The average Bonchev–Trinajstić information content (AvgIpc) is 2.16. The Hall–Kier alpha value is -0.990. The molecule has 0 unspecified atom stereocenters. The van der Waals surface area contributed by atoms with Gasteiger partial charge in [0.25, 0.3) is 0 Å². The summed E-state index contributed by atoms with van der Waals surface area (Å²) < 4.78 is 38.2. The molecule has 16 heavy (non-hydrogen) atoms. The highest BCUT2D eigenvalue weighted by Crippen LogP contribution is 2.37. The molecule has 1 rings (SSSR count). The second-order valence-electron chi connectivity index (χ2n) is 2.81. The van der Waals surface area contributed by atoms with Crippen LogP contribution in [0, 0.1) is 11.3 Å². The van der Waals surface area contributed by atoms with E-state index in [9.17, 15) is 13.2 Å². The van der Waals surface area contributed by atoms with Crippen LogP contribution in [-0.2, 0) is 6.18 Å². The van der Waals surface area contributed by atoms with E-state index >= 15 is 0 Å². The number of rotatable bonds is 1. The molecule has 1 aromatic rings. The van der Waals surface area contributed by atoms with E-state index < -0.39 is 11.7 Å². The molecule has 0 saturated heterocycles. The molecule has 1 aromatic carbocycles. The Morgan fingerprint density at radius 1 is 1.44 bits per heavy atom. The van der Waals surface area contributed by atoms with Crippen molar-refractivity contribution in [3.8, 4) is 6.07 Å². The minimum Gasteiger partial charge on any atom is -0.193 e. The molecule has 0 N–H and O–H groups in total. The van der Waals surface area contributed by atoms with Crippen LogP contribution < -0.4 is 0 Å². The van der Waals surface area contributed by atoms with E-state index in [2.05, 4.69) is 15.9 Å².